The Bertz CT molecular complexity index is 2880. The summed E-state index contributed by atoms with van der Waals surface area (Å²) < 4.78 is 13.0. The van der Waals surface area contributed by atoms with E-state index < -0.39 is 0 Å². The molecule has 2 aromatic heterocycles. The molecule has 0 saturated carbocycles. The highest BCUT2D eigenvalue weighted by atomic mass is 16.3. The first-order valence-corrected chi connectivity index (χ1v) is 17.3. The molecule has 7 aromatic carbocycles. The van der Waals surface area contributed by atoms with Gasteiger partial charge in [0.1, 0.15) is 22.3 Å². The van der Waals surface area contributed by atoms with Crippen molar-refractivity contribution in [3.05, 3.63) is 150 Å². The first-order valence-electron chi connectivity index (χ1n) is 17.3. The molecule has 0 saturated heterocycles. The van der Waals surface area contributed by atoms with Crippen molar-refractivity contribution in [1.82, 2.24) is 0 Å². The third-order valence-corrected chi connectivity index (χ3v) is 10.9. The summed E-state index contributed by atoms with van der Waals surface area (Å²) in [5.74, 6) is 0. The van der Waals surface area contributed by atoms with Crippen LogP contribution >= 0.6 is 0 Å². The van der Waals surface area contributed by atoms with Crippen molar-refractivity contribution >= 4 is 101 Å². The number of fused-ring (bicyclic) bond motifs is 10. The number of anilines is 6. The molecule has 236 valence electrons. The van der Waals surface area contributed by atoms with E-state index >= 15 is 0 Å². The summed E-state index contributed by atoms with van der Waals surface area (Å²) in [6.07, 6.45) is 0. The summed E-state index contributed by atoms with van der Waals surface area (Å²) in [7, 11) is 0. The predicted octanol–water partition coefficient (Wildman–Crippen LogP) is 10.5. The predicted molar refractivity (Wildman–Crippen MR) is 209 cm³/mol. The van der Waals surface area contributed by atoms with E-state index in [1.54, 1.807) is 0 Å². The van der Waals surface area contributed by atoms with Crippen LogP contribution in [0.4, 0.5) is 34.1 Å². The maximum atomic E-state index is 6.55. The van der Waals surface area contributed by atoms with Gasteiger partial charge in [-0.2, -0.15) is 0 Å². The molecule has 50 heavy (non-hydrogen) atoms. The lowest BCUT2D eigenvalue weighted by molar-refractivity contribution is 0.668. The summed E-state index contributed by atoms with van der Waals surface area (Å²) in [4.78, 5) is 4.89. The van der Waals surface area contributed by atoms with Crippen LogP contribution < -0.4 is 26.2 Å². The van der Waals surface area contributed by atoms with Crippen LogP contribution in [0.3, 0.4) is 0 Å². The third kappa shape index (κ3) is 3.67. The third-order valence-electron chi connectivity index (χ3n) is 10.9. The van der Waals surface area contributed by atoms with Crippen molar-refractivity contribution in [2.24, 2.45) is 0 Å². The number of aryl methyl sites for hydroxylation is 3. The molecule has 0 aliphatic carbocycles. The average molecular weight is 643 g/mol. The van der Waals surface area contributed by atoms with Gasteiger partial charge in [-0.3, -0.25) is 0 Å². The molecule has 0 bridgehead atoms. The van der Waals surface area contributed by atoms with Crippen molar-refractivity contribution in [3.63, 3.8) is 0 Å². The van der Waals surface area contributed by atoms with Gasteiger partial charge in [0.2, 0.25) is 6.71 Å². The van der Waals surface area contributed by atoms with E-state index in [-0.39, 0.29) is 6.71 Å². The highest BCUT2D eigenvalue weighted by Crippen LogP contribution is 2.55. The molecule has 0 N–H and O–H groups in total. The number of rotatable bonds is 2. The lowest BCUT2D eigenvalue weighted by Gasteiger charge is -2.45. The smallest absolute Gasteiger partial charge is 0.247 e. The Hall–Kier alpha value is -6.20. The van der Waals surface area contributed by atoms with Crippen LogP contribution in [0, 0.1) is 20.8 Å². The van der Waals surface area contributed by atoms with E-state index in [1.165, 1.54) is 38.8 Å². The van der Waals surface area contributed by atoms with Gasteiger partial charge in [0.15, 0.2) is 0 Å². The molecule has 0 fully saturated rings. The van der Waals surface area contributed by atoms with Crippen molar-refractivity contribution in [1.29, 1.82) is 0 Å². The second kappa shape index (κ2) is 9.93. The van der Waals surface area contributed by atoms with Crippen molar-refractivity contribution < 1.29 is 8.83 Å². The normalized spacial score (nSPS) is 13.4. The zero-order valence-electron chi connectivity index (χ0n) is 28.0. The van der Waals surface area contributed by atoms with Gasteiger partial charge in [-0.1, -0.05) is 101 Å². The Kier molecular flexibility index (Phi) is 5.50. The van der Waals surface area contributed by atoms with E-state index in [0.717, 1.165) is 72.3 Å². The Morgan fingerprint density at radius 2 is 1.04 bits per heavy atom. The minimum Gasteiger partial charge on any atom is -0.456 e. The van der Waals surface area contributed by atoms with Gasteiger partial charge < -0.3 is 18.6 Å². The summed E-state index contributed by atoms with van der Waals surface area (Å²) >= 11 is 0. The van der Waals surface area contributed by atoms with Gasteiger partial charge in [-0.15, -0.1) is 0 Å². The van der Waals surface area contributed by atoms with Crippen LogP contribution in [-0.4, -0.2) is 6.71 Å². The summed E-state index contributed by atoms with van der Waals surface area (Å²) in [5.41, 5.74) is 18.3. The lowest BCUT2D eigenvalue weighted by atomic mass is 9.33. The zero-order valence-corrected chi connectivity index (χ0v) is 28.0. The summed E-state index contributed by atoms with van der Waals surface area (Å²) in [5, 5.41) is 4.56. The molecule has 5 heteroatoms. The largest absolute Gasteiger partial charge is 0.456 e. The van der Waals surface area contributed by atoms with Gasteiger partial charge in [-0.25, -0.2) is 0 Å². The molecule has 2 aliphatic rings. The molecule has 0 amide bonds. The van der Waals surface area contributed by atoms with Crippen LogP contribution in [0.1, 0.15) is 16.7 Å². The molecular weight excluding hydrogens is 611 g/mol. The zero-order chi connectivity index (χ0) is 33.2. The van der Waals surface area contributed by atoms with Gasteiger partial charge in [-0.05, 0) is 74.2 Å². The van der Waals surface area contributed by atoms with Crippen LogP contribution in [0.15, 0.2) is 142 Å². The second-order valence-electron chi connectivity index (χ2n) is 13.9. The highest BCUT2D eigenvalue weighted by Gasteiger charge is 2.42. The monoisotopic (exact) mass is 642 g/mol. The molecule has 0 atom stereocenters. The number of benzene rings is 7. The Morgan fingerprint density at radius 3 is 1.78 bits per heavy atom. The van der Waals surface area contributed by atoms with E-state index in [0.29, 0.717) is 0 Å². The number of furan rings is 2. The maximum absolute atomic E-state index is 6.55. The Balaban J connectivity index is 1.23. The molecule has 0 radical (unpaired) electrons. The number of hydrogen-bond acceptors (Lipinski definition) is 4. The fraction of sp³-hybridized carbons (Fsp3) is 0.0667. The molecule has 4 heterocycles. The molecule has 0 unspecified atom stereocenters. The summed E-state index contributed by atoms with van der Waals surface area (Å²) in [6, 6.07) is 48.2. The van der Waals surface area contributed by atoms with Crippen LogP contribution in [0.5, 0.6) is 0 Å². The summed E-state index contributed by atoms with van der Waals surface area (Å²) in [6.45, 7) is 6.76. The fourth-order valence-corrected chi connectivity index (χ4v) is 9.01. The van der Waals surface area contributed by atoms with Crippen LogP contribution in [-0.2, 0) is 0 Å². The second-order valence-corrected chi connectivity index (χ2v) is 13.9. The number of nitrogens with zero attached hydrogens (tertiary/aromatic N) is 2. The Labute approximate surface area is 289 Å². The topological polar surface area (TPSA) is 32.8 Å². The molecule has 2 aliphatic heterocycles. The lowest BCUT2D eigenvalue weighted by Crippen LogP contribution is -2.59. The SMILES string of the molecule is Cc1cc(C)c(B2c3cc4c(cc3N3c5ccccc5N(c5ccc6c(c5)oc5ccccc56)c5cccc2c53)oc2ccccc24)c(C)c1. The molecule has 9 aromatic rings. The minimum absolute atomic E-state index is 0.0276. The minimum atomic E-state index is 0.0276. The van der Waals surface area contributed by atoms with Gasteiger partial charge in [0.05, 0.1) is 28.4 Å². The van der Waals surface area contributed by atoms with E-state index in [2.05, 4.69) is 146 Å². The molecular formula is C45H31BN2O2. The fourth-order valence-electron chi connectivity index (χ4n) is 9.01. The van der Waals surface area contributed by atoms with Crippen molar-refractivity contribution in [3.8, 4) is 0 Å². The van der Waals surface area contributed by atoms with Gasteiger partial charge in [0.25, 0.3) is 0 Å². The number of para-hydroxylation sites is 5. The van der Waals surface area contributed by atoms with Gasteiger partial charge in [0, 0.05) is 39.4 Å². The van der Waals surface area contributed by atoms with Crippen molar-refractivity contribution in [2.45, 2.75) is 20.8 Å². The van der Waals surface area contributed by atoms with E-state index in [4.69, 9.17) is 8.83 Å². The van der Waals surface area contributed by atoms with Crippen LogP contribution in [0.25, 0.3) is 43.9 Å². The quantitative estimate of drug-likeness (QED) is 0.176. The van der Waals surface area contributed by atoms with E-state index in [1.807, 2.05) is 18.2 Å². The van der Waals surface area contributed by atoms with Gasteiger partial charge >= 0.3 is 0 Å². The number of hydrogen-bond donors (Lipinski definition) is 0. The van der Waals surface area contributed by atoms with Crippen molar-refractivity contribution in [2.75, 3.05) is 9.80 Å². The average Bonchev–Trinajstić information content (AvgIpc) is 3.68. The standard InChI is InChI=1S/C45H31BN2O2/c1-26-21-27(2)44(28(3)22-26)46-34-13-10-16-38-45(34)48(39-25-43-33(24-35(39)46)31-12-5-9-18-41(31)50-43)37-15-7-6-14-36(37)47(38)29-19-20-32-30-11-4-8-17-40(30)49-42(32)23-29/h4-25H,1-3H3. The highest BCUT2D eigenvalue weighted by molar-refractivity contribution is 6.98. The molecule has 11 rings (SSSR count). The molecule has 4 nitrogen and oxygen atoms in total. The first-order chi connectivity index (χ1) is 24.5. The Morgan fingerprint density at radius 1 is 0.440 bits per heavy atom. The van der Waals surface area contributed by atoms with E-state index in [9.17, 15) is 0 Å². The molecule has 0 spiro atoms. The maximum Gasteiger partial charge on any atom is 0.247 e. The first kappa shape index (κ1) is 27.7. The van der Waals surface area contributed by atoms with Crippen LogP contribution in [0.2, 0.25) is 0 Å².